The summed E-state index contributed by atoms with van der Waals surface area (Å²) < 4.78 is 1.96. The normalized spacial score (nSPS) is 12.6. The third kappa shape index (κ3) is 3.05. The van der Waals surface area contributed by atoms with Crippen LogP contribution in [0, 0.1) is 13.8 Å². The number of hydrogen-bond acceptors (Lipinski definition) is 3. The number of para-hydroxylation sites is 1. The van der Waals surface area contributed by atoms with E-state index in [1.165, 1.54) is 0 Å². The maximum absolute atomic E-state index is 11.6. The Morgan fingerprint density at radius 2 is 2.21 bits per heavy atom. The molecular weight excluding hydrogens is 304 g/mol. The van der Waals surface area contributed by atoms with Crippen molar-refractivity contribution in [2.45, 2.75) is 32.9 Å². The van der Waals surface area contributed by atoms with Gasteiger partial charge in [-0.15, -0.1) is 0 Å². The van der Waals surface area contributed by atoms with Crippen LogP contribution in [0.4, 0.5) is 0 Å². The fourth-order valence-corrected chi connectivity index (χ4v) is 2.94. The van der Waals surface area contributed by atoms with Gasteiger partial charge in [0.05, 0.1) is 5.69 Å². The molecular formula is C18H22N4O2. The van der Waals surface area contributed by atoms with E-state index in [2.05, 4.69) is 15.3 Å². The fourth-order valence-electron chi connectivity index (χ4n) is 2.94. The van der Waals surface area contributed by atoms with Gasteiger partial charge >= 0.3 is 5.97 Å². The maximum Gasteiger partial charge on any atom is 0.321 e. The largest absolute Gasteiger partial charge is 0.480 e. The van der Waals surface area contributed by atoms with E-state index >= 15 is 0 Å². The lowest BCUT2D eigenvalue weighted by Crippen LogP contribution is -2.38. The van der Waals surface area contributed by atoms with Crippen molar-refractivity contribution < 1.29 is 9.90 Å². The quantitative estimate of drug-likeness (QED) is 0.649. The number of carboxylic acids is 1. The molecule has 0 saturated carbocycles. The number of nitrogens with zero attached hydrogens (tertiary/aromatic N) is 2. The summed E-state index contributed by atoms with van der Waals surface area (Å²) in [6.07, 6.45) is 4.11. The summed E-state index contributed by atoms with van der Waals surface area (Å²) in [5.74, 6) is 0.0571. The number of aryl methyl sites for hydroxylation is 2. The summed E-state index contributed by atoms with van der Waals surface area (Å²) in [5.41, 5.74) is 4.20. The number of fused-ring (bicyclic) bond motifs is 1. The van der Waals surface area contributed by atoms with E-state index in [-0.39, 0.29) is 0 Å². The zero-order valence-electron chi connectivity index (χ0n) is 14.1. The van der Waals surface area contributed by atoms with Crippen molar-refractivity contribution in [2.24, 2.45) is 7.05 Å². The summed E-state index contributed by atoms with van der Waals surface area (Å²) in [6.45, 7) is 4.43. The Kier molecular flexibility index (Phi) is 4.40. The first-order valence-electron chi connectivity index (χ1n) is 7.96. The van der Waals surface area contributed by atoms with E-state index in [0.29, 0.717) is 13.0 Å². The Labute approximate surface area is 140 Å². The van der Waals surface area contributed by atoms with Crippen molar-refractivity contribution in [2.75, 3.05) is 0 Å². The lowest BCUT2D eigenvalue weighted by Gasteiger charge is -2.14. The molecule has 1 atom stereocenters. The van der Waals surface area contributed by atoms with Crippen LogP contribution in [0.15, 0.2) is 30.6 Å². The number of nitrogens with one attached hydrogen (secondary N) is 2. The maximum atomic E-state index is 11.6. The molecule has 1 aromatic carbocycles. The SMILES string of the molecule is Cc1cccc2c(CC(NCc3cnc(C)n3C)C(=O)O)c[nH]c12. The minimum absolute atomic E-state index is 0.426. The van der Waals surface area contributed by atoms with Crippen LogP contribution in [0.25, 0.3) is 10.9 Å². The molecule has 6 heteroatoms. The number of aliphatic carboxylic acids is 1. The minimum atomic E-state index is -0.851. The molecule has 3 rings (SSSR count). The number of H-pyrrole nitrogens is 1. The first-order valence-corrected chi connectivity index (χ1v) is 7.96. The Balaban J connectivity index is 1.77. The Morgan fingerprint density at radius 1 is 1.42 bits per heavy atom. The van der Waals surface area contributed by atoms with Crippen LogP contribution in [0.2, 0.25) is 0 Å². The lowest BCUT2D eigenvalue weighted by molar-refractivity contribution is -0.139. The molecule has 2 heterocycles. The average Bonchev–Trinajstić information content (AvgIpc) is 3.10. The first kappa shape index (κ1) is 16.3. The molecule has 126 valence electrons. The van der Waals surface area contributed by atoms with E-state index in [0.717, 1.165) is 33.5 Å². The average molecular weight is 326 g/mol. The number of carbonyl (C=O) groups is 1. The third-order valence-corrected chi connectivity index (χ3v) is 4.58. The molecule has 24 heavy (non-hydrogen) atoms. The molecule has 6 nitrogen and oxygen atoms in total. The van der Waals surface area contributed by atoms with Crippen molar-refractivity contribution in [3.63, 3.8) is 0 Å². The Bertz CT molecular complexity index is 878. The van der Waals surface area contributed by atoms with Crippen LogP contribution in [0.5, 0.6) is 0 Å². The van der Waals surface area contributed by atoms with Gasteiger partial charge < -0.3 is 14.7 Å². The van der Waals surface area contributed by atoms with Crippen LogP contribution in [0.1, 0.15) is 22.6 Å². The summed E-state index contributed by atoms with van der Waals surface area (Å²) in [6, 6.07) is 5.41. The molecule has 0 aliphatic carbocycles. The number of hydrogen-bond donors (Lipinski definition) is 3. The van der Waals surface area contributed by atoms with Gasteiger partial charge in [-0.3, -0.25) is 10.1 Å². The molecule has 0 aliphatic heterocycles. The number of aromatic amines is 1. The smallest absolute Gasteiger partial charge is 0.321 e. The zero-order valence-corrected chi connectivity index (χ0v) is 14.1. The monoisotopic (exact) mass is 326 g/mol. The summed E-state index contributed by atoms with van der Waals surface area (Å²) >= 11 is 0. The highest BCUT2D eigenvalue weighted by atomic mass is 16.4. The molecule has 0 bridgehead atoms. The molecule has 2 aromatic heterocycles. The van der Waals surface area contributed by atoms with Crippen LogP contribution >= 0.6 is 0 Å². The van der Waals surface area contributed by atoms with Crippen LogP contribution in [-0.4, -0.2) is 31.7 Å². The van der Waals surface area contributed by atoms with Gasteiger partial charge in [-0.2, -0.15) is 0 Å². The molecule has 0 fully saturated rings. The van der Waals surface area contributed by atoms with Gasteiger partial charge in [0.2, 0.25) is 0 Å². The summed E-state index contributed by atoms with van der Waals surface area (Å²) in [4.78, 5) is 19.1. The molecule has 0 aliphatic rings. The number of aromatic nitrogens is 3. The second-order valence-electron chi connectivity index (χ2n) is 6.14. The van der Waals surface area contributed by atoms with Crippen molar-refractivity contribution in [1.29, 1.82) is 0 Å². The van der Waals surface area contributed by atoms with Crippen molar-refractivity contribution in [3.8, 4) is 0 Å². The second kappa shape index (κ2) is 6.49. The minimum Gasteiger partial charge on any atom is -0.480 e. The summed E-state index contributed by atoms with van der Waals surface area (Å²) in [5, 5.41) is 13.8. The molecule has 1 unspecified atom stereocenters. The van der Waals surface area contributed by atoms with Gasteiger partial charge in [0.15, 0.2) is 0 Å². The van der Waals surface area contributed by atoms with E-state index in [4.69, 9.17) is 0 Å². The first-order chi connectivity index (χ1) is 11.5. The number of rotatable bonds is 6. The van der Waals surface area contributed by atoms with Crippen LogP contribution < -0.4 is 5.32 Å². The zero-order chi connectivity index (χ0) is 17.3. The van der Waals surface area contributed by atoms with Crippen molar-refractivity contribution >= 4 is 16.9 Å². The molecule has 0 radical (unpaired) electrons. The van der Waals surface area contributed by atoms with Gasteiger partial charge in [0, 0.05) is 43.3 Å². The molecule has 3 N–H and O–H groups in total. The highest BCUT2D eigenvalue weighted by Gasteiger charge is 2.20. The van der Waals surface area contributed by atoms with E-state index in [9.17, 15) is 9.90 Å². The Hall–Kier alpha value is -2.60. The van der Waals surface area contributed by atoms with E-state index in [1.807, 2.05) is 49.9 Å². The van der Waals surface area contributed by atoms with Gasteiger partial charge in [-0.25, -0.2) is 4.98 Å². The molecule has 0 amide bonds. The standard InChI is InChI=1S/C18H22N4O2/c1-11-5-4-6-15-13(8-21-17(11)15)7-16(18(23)24)20-10-14-9-19-12(2)22(14)3/h4-6,8-9,16,20-21H,7,10H2,1-3H3,(H,23,24). The predicted molar refractivity (Wildman–Crippen MR) is 92.9 cm³/mol. The van der Waals surface area contributed by atoms with Crippen LogP contribution in [-0.2, 0) is 24.8 Å². The second-order valence-corrected chi connectivity index (χ2v) is 6.14. The fraction of sp³-hybridized carbons (Fsp3) is 0.333. The number of imidazole rings is 1. The molecule has 0 saturated heterocycles. The number of carboxylic acid groups (broad SMARTS) is 1. The van der Waals surface area contributed by atoms with Crippen LogP contribution in [0.3, 0.4) is 0 Å². The van der Waals surface area contributed by atoms with Crippen molar-refractivity contribution in [1.82, 2.24) is 19.9 Å². The van der Waals surface area contributed by atoms with Gasteiger partial charge in [0.1, 0.15) is 11.9 Å². The highest BCUT2D eigenvalue weighted by molar-refractivity contribution is 5.86. The molecule has 0 spiro atoms. The molecule has 3 aromatic rings. The lowest BCUT2D eigenvalue weighted by atomic mass is 10.0. The predicted octanol–water partition coefficient (Wildman–Crippen LogP) is 2.30. The van der Waals surface area contributed by atoms with Gasteiger partial charge in [-0.05, 0) is 25.0 Å². The van der Waals surface area contributed by atoms with Gasteiger partial charge in [0.25, 0.3) is 0 Å². The van der Waals surface area contributed by atoms with Crippen molar-refractivity contribution in [3.05, 3.63) is 53.2 Å². The third-order valence-electron chi connectivity index (χ3n) is 4.58. The number of benzene rings is 1. The Morgan fingerprint density at radius 3 is 2.88 bits per heavy atom. The topological polar surface area (TPSA) is 82.9 Å². The van der Waals surface area contributed by atoms with Gasteiger partial charge in [-0.1, -0.05) is 18.2 Å². The van der Waals surface area contributed by atoms with E-state index in [1.54, 1.807) is 6.20 Å². The summed E-state index contributed by atoms with van der Waals surface area (Å²) in [7, 11) is 1.93. The highest BCUT2D eigenvalue weighted by Crippen LogP contribution is 2.22. The van der Waals surface area contributed by atoms with E-state index < -0.39 is 12.0 Å².